The van der Waals surface area contributed by atoms with E-state index in [1.165, 1.54) is 4.90 Å². The second-order valence-corrected chi connectivity index (χ2v) is 6.03. The number of likely N-dealkylation sites (tertiary alicyclic amines) is 1. The highest BCUT2D eigenvalue weighted by atomic mass is 32.2. The maximum absolute atomic E-state index is 11.2. The molecule has 0 aliphatic carbocycles. The number of sulfonamides is 1. The molecule has 16 heavy (non-hydrogen) atoms. The fraction of sp³-hybridized carbons (Fsp3) is 0.889. The first-order valence-corrected chi connectivity index (χ1v) is 7.14. The van der Waals surface area contributed by atoms with Gasteiger partial charge in [0.2, 0.25) is 10.0 Å². The van der Waals surface area contributed by atoms with E-state index in [0.29, 0.717) is 12.8 Å². The molecule has 7 heteroatoms. The lowest BCUT2D eigenvalue weighted by molar-refractivity contribution is 0.122. The van der Waals surface area contributed by atoms with Crippen LogP contribution in [0, 0.1) is 0 Å². The highest BCUT2D eigenvalue weighted by Crippen LogP contribution is 2.27. The Labute approximate surface area is 95.7 Å². The zero-order valence-corrected chi connectivity index (χ0v) is 10.5. The van der Waals surface area contributed by atoms with Crippen molar-refractivity contribution in [1.82, 2.24) is 9.62 Å². The fourth-order valence-electron chi connectivity index (χ4n) is 2.37. The van der Waals surface area contributed by atoms with E-state index in [0.717, 1.165) is 6.26 Å². The molecule has 2 N–H and O–H groups in total. The van der Waals surface area contributed by atoms with Gasteiger partial charge in [-0.15, -0.1) is 0 Å². The predicted molar refractivity (Wildman–Crippen MR) is 59.8 cm³/mol. The van der Waals surface area contributed by atoms with Gasteiger partial charge in [0, 0.05) is 12.1 Å². The number of amides is 1. The van der Waals surface area contributed by atoms with Crippen LogP contribution in [-0.4, -0.2) is 48.9 Å². The third-order valence-electron chi connectivity index (χ3n) is 2.90. The molecule has 0 aromatic carbocycles. The van der Waals surface area contributed by atoms with Crippen LogP contribution in [0.4, 0.5) is 4.79 Å². The zero-order chi connectivity index (χ0) is 12.5. The Bertz CT molecular complexity index is 368. The lowest BCUT2D eigenvalue weighted by atomic mass is 10.1. The maximum Gasteiger partial charge on any atom is 0.407 e. The summed E-state index contributed by atoms with van der Waals surface area (Å²) in [5.41, 5.74) is 0. The van der Waals surface area contributed by atoms with Gasteiger partial charge >= 0.3 is 6.09 Å². The van der Waals surface area contributed by atoms with E-state index in [4.69, 9.17) is 5.11 Å². The summed E-state index contributed by atoms with van der Waals surface area (Å²) in [5.74, 6) is 0. The minimum Gasteiger partial charge on any atom is -0.465 e. The minimum atomic E-state index is -3.29. The van der Waals surface area contributed by atoms with Crippen LogP contribution in [0.5, 0.6) is 0 Å². The van der Waals surface area contributed by atoms with E-state index in [9.17, 15) is 13.2 Å². The maximum atomic E-state index is 11.2. The molecule has 1 saturated heterocycles. The summed E-state index contributed by atoms with van der Waals surface area (Å²) in [7, 11) is -3.29. The lowest BCUT2D eigenvalue weighted by Crippen LogP contribution is -2.46. The molecular weight excluding hydrogens is 232 g/mol. The molecule has 1 rings (SSSR count). The van der Waals surface area contributed by atoms with Gasteiger partial charge in [-0.05, 0) is 19.8 Å². The third kappa shape index (κ3) is 2.85. The summed E-state index contributed by atoms with van der Waals surface area (Å²) in [6, 6.07) is -0.741. The largest absolute Gasteiger partial charge is 0.465 e. The summed E-state index contributed by atoms with van der Waals surface area (Å²) < 4.78 is 24.8. The van der Waals surface area contributed by atoms with E-state index >= 15 is 0 Å². The SMILES string of the molecule is CCC1C(NS(C)(=O)=O)CC(C)N1C(=O)O. The molecule has 0 aromatic rings. The summed E-state index contributed by atoms with van der Waals surface area (Å²) in [4.78, 5) is 12.4. The highest BCUT2D eigenvalue weighted by Gasteiger charge is 2.41. The van der Waals surface area contributed by atoms with Gasteiger partial charge in [0.15, 0.2) is 0 Å². The molecule has 1 fully saturated rings. The van der Waals surface area contributed by atoms with Gasteiger partial charge in [0.25, 0.3) is 0 Å². The van der Waals surface area contributed by atoms with Crippen molar-refractivity contribution in [2.24, 2.45) is 0 Å². The summed E-state index contributed by atoms with van der Waals surface area (Å²) >= 11 is 0. The van der Waals surface area contributed by atoms with Crippen LogP contribution >= 0.6 is 0 Å². The topological polar surface area (TPSA) is 86.7 Å². The fourth-order valence-corrected chi connectivity index (χ4v) is 3.18. The van der Waals surface area contributed by atoms with Crippen molar-refractivity contribution in [2.75, 3.05) is 6.26 Å². The van der Waals surface area contributed by atoms with Crippen molar-refractivity contribution in [3.63, 3.8) is 0 Å². The number of rotatable bonds is 3. The molecule has 0 radical (unpaired) electrons. The first-order chi connectivity index (χ1) is 7.26. The van der Waals surface area contributed by atoms with Crippen LogP contribution in [0.25, 0.3) is 0 Å². The van der Waals surface area contributed by atoms with E-state index in [2.05, 4.69) is 4.72 Å². The second-order valence-electron chi connectivity index (χ2n) is 4.25. The summed E-state index contributed by atoms with van der Waals surface area (Å²) in [6.45, 7) is 3.65. The van der Waals surface area contributed by atoms with Crippen LogP contribution in [0.2, 0.25) is 0 Å². The van der Waals surface area contributed by atoms with Gasteiger partial charge in [-0.3, -0.25) is 0 Å². The monoisotopic (exact) mass is 250 g/mol. The second kappa shape index (κ2) is 4.58. The van der Waals surface area contributed by atoms with Crippen molar-refractivity contribution in [3.05, 3.63) is 0 Å². The van der Waals surface area contributed by atoms with Crippen LogP contribution < -0.4 is 4.72 Å². The van der Waals surface area contributed by atoms with E-state index in [-0.39, 0.29) is 18.1 Å². The Hall–Kier alpha value is -0.820. The summed E-state index contributed by atoms with van der Waals surface area (Å²) in [6.07, 6.45) is 1.23. The molecule has 1 amide bonds. The van der Waals surface area contributed by atoms with Gasteiger partial charge in [-0.25, -0.2) is 17.9 Å². The lowest BCUT2D eigenvalue weighted by Gasteiger charge is -2.26. The highest BCUT2D eigenvalue weighted by molar-refractivity contribution is 7.88. The molecule has 1 heterocycles. The Balaban J connectivity index is 2.86. The number of hydrogen-bond donors (Lipinski definition) is 2. The third-order valence-corrected chi connectivity index (χ3v) is 3.63. The number of carboxylic acid groups (broad SMARTS) is 1. The minimum absolute atomic E-state index is 0.151. The number of carbonyl (C=O) groups is 1. The van der Waals surface area contributed by atoms with E-state index < -0.39 is 16.1 Å². The van der Waals surface area contributed by atoms with Gasteiger partial charge in [-0.1, -0.05) is 6.92 Å². The first-order valence-electron chi connectivity index (χ1n) is 5.24. The molecule has 3 unspecified atom stereocenters. The average molecular weight is 250 g/mol. The molecule has 0 bridgehead atoms. The molecule has 1 aliphatic heterocycles. The Morgan fingerprint density at radius 3 is 2.50 bits per heavy atom. The Morgan fingerprint density at radius 1 is 1.56 bits per heavy atom. The molecule has 0 saturated carbocycles. The Morgan fingerprint density at radius 2 is 2.12 bits per heavy atom. The smallest absolute Gasteiger partial charge is 0.407 e. The predicted octanol–water partition coefficient (Wildman–Crippen LogP) is 0.455. The van der Waals surface area contributed by atoms with Crippen molar-refractivity contribution in [1.29, 1.82) is 0 Å². The van der Waals surface area contributed by atoms with Gasteiger partial charge in [0.1, 0.15) is 0 Å². The van der Waals surface area contributed by atoms with Crippen molar-refractivity contribution in [2.45, 2.75) is 44.8 Å². The molecule has 3 atom stereocenters. The molecule has 1 aliphatic rings. The van der Waals surface area contributed by atoms with Crippen LogP contribution in [0.15, 0.2) is 0 Å². The van der Waals surface area contributed by atoms with Crippen LogP contribution in [0.3, 0.4) is 0 Å². The van der Waals surface area contributed by atoms with E-state index in [1.54, 1.807) is 6.92 Å². The van der Waals surface area contributed by atoms with Gasteiger partial charge in [-0.2, -0.15) is 0 Å². The summed E-state index contributed by atoms with van der Waals surface area (Å²) in [5, 5.41) is 9.05. The van der Waals surface area contributed by atoms with Crippen molar-refractivity contribution >= 4 is 16.1 Å². The quantitative estimate of drug-likeness (QED) is 0.761. The van der Waals surface area contributed by atoms with Crippen molar-refractivity contribution < 1.29 is 18.3 Å². The molecular formula is C9H18N2O4S. The number of hydrogen-bond acceptors (Lipinski definition) is 3. The standard InChI is InChI=1S/C9H18N2O4S/c1-4-8-7(10-16(3,14)15)5-6(2)11(8)9(12)13/h6-8,10H,4-5H2,1-3H3,(H,12,13). The molecule has 0 spiro atoms. The zero-order valence-electron chi connectivity index (χ0n) is 9.67. The average Bonchev–Trinajstić information content (AvgIpc) is 2.38. The number of nitrogens with zero attached hydrogens (tertiary/aromatic N) is 1. The van der Waals surface area contributed by atoms with E-state index in [1.807, 2.05) is 6.92 Å². The van der Waals surface area contributed by atoms with Crippen LogP contribution in [0.1, 0.15) is 26.7 Å². The van der Waals surface area contributed by atoms with Crippen LogP contribution in [-0.2, 0) is 10.0 Å². The molecule has 94 valence electrons. The first kappa shape index (κ1) is 13.2. The van der Waals surface area contributed by atoms with Gasteiger partial charge in [0.05, 0.1) is 12.3 Å². The van der Waals surface area contributed by atoms with Crippen molar-refractivity contribution in [3.8, 4) is 0 Å². The molecule has 6 nitrogen and oxygen atoms in total. The molecule has 0 aromatic heterocycles. The normalized spacial score (nSPS) is 30.7. The Kier molecular flexibility index (Phi) is 3.80. The van der Waals surface area contributed by atoms with Gasteiger partial charge < -0.3 is 10.0 Å². The number of nitrogens with one attached hydrogen (secondary N) is 1.